The number of anilines is 1. The molecule has 4 heteroatoms. The molecule has 0 fully saturated rings. The number of nitrogens with zero attached hydrogens (tertiary/aromatic N) is 1. The summed E-state index contributed by atoms with van der Waals surface area (Å²) in [5, 5.41) is 10.5. The third-order valence-electron chi connectivity index (χ3n) is 5.27. The molecule has 0 spiro atoms. The zero-order chi connectivity index (χ0) is 18.3. The van der Waals surface area contributed by atoms with Crippen LogP contribution in [-0.2, 0) is 4.79 Å². The smallest absolute Gasteiger partial charge is 0.222 e. The molecule has 1 aromatic carbocycles. The van der Waals surface area contributed by atoms with Crippen molar-refractivity contribution in [3.63, 3.8) is 0 Å². The van der Waals surface area contributed by atoms with Crippen molar-refractivity contribution in [2.45, 2.75) is 34.6 Å². The van der Waals surface area contributed by atoms with Gasteiger partial charge in [0.25, 0.3) is 0 Å². The van der Waals surface area contributed by atoms with Gasteiger partial charge in [-0.05, 0) is 45.4 Å². The van der Waals surface area contributed by atoms with Crippen LogP contribution in [0.3, 0.4) is 0 Å². The Labute approximate surface area is 148 Å². The van der Waals surface area contributed by atoms with Gasteiger partial charge >= 0.3 is 0 Å². The van der Waals surface area contributed by atoms with E-state index in [4.69, 9.17) is 0 Å². The molecule has 0 saturated carbocycles. The first-order chi connectivity index (χ1) is 11.9. The van der Waals surface area contributed by atoms with Gasteiger partial charge in [-0.3, -0.25) is 4.79 Å². The Balaban J connectivity index is 1.98. The summed E-state index contributed by atoms with van der Waals surface area (Å²) in [5.74, 6) is -0.0117. The number of Topliss-reactive ketones (excluding diaryl/α,β-unsaturated/α-hetero) is 1. The van der Waals surface area contributed by atoms with Crippen LogP contribution in [-0.4, -0.2) is 29.7 Å². The predicted molar refractivity (Wildman–Crippen MR) is 102 cm³/mol. The fourth-order valence-corrected chi connectivity index (χ4v) is 3.42. The molecule has 0 aromatic heterocycles. The minimum absolute atomic E-state index is 0.0879. The van der Waals surface area contributed by atoms with E-state index in [2.05, 4.69) is 23.7 Å². The number of hydrogen-bond donors (Lipinski definition) is 2. The summed E-state index contributed by atoms with van der Waals surface area (Å²) >= 11 is 0. The zero-order valence-corrected chi connectivity index (χ0v) is 15.5. The Morgan fingerprint density at radius 2 is 1.56 bits per heavy atom. The number of hydrogen-bond acceptors (Lipinski definition) is 3. The molecular weight excluding hydrogens is 312 g/mol. The summed E-state index contributed by atoms with van der Waals surface area (Å²) in [6, 6.07) is 7.82. The molecule has 1 aromatic rings. The van der Waals surface area contributed by atoms with Gasteiger partial charge in [0.1, 0.15) is 11.3 Å². The Hall–Kier alpha value is -2.62. The normalized spacial score (nSPS) is 20.2. The first-order valence-corrected chi connectivity index (χ1v) is 8.77. The first kappa shape index (κ1) is 17.2. The lowest BCUT2D eigenvalue weighted by atomic mass is 9.81. The molecule has 1 heterocycles. The van der Waals surface area contributed by atoms with Crippen molar-refractivity contribution in [3.05, 3.63) is 58.0 Å². The zero-order valence-electron chi connectivity index (χ0n) is 15.5. The van der Waals surface area contributed by atoms with Crippen LogP contribution in [0.15, 0.2) is 52.4 Å². The van der Waals surface area contributed by atoms with E-state index in [0.717, 1.165) is 46.9 Å². The highest BCUT2D eigenvalue weighted by atomic mass is 16.3. The topological polar surface area (TPSA) is 54.5 Å². The summed E-state index contributed by atoms with van der Waals surface area (Å²) in [6.45, 7) is 12.1. The van der Waals surface area contributed by atoms with Gasteiger partial charge in [0.05, 0.1) is 5.57 Å². The lowest BCUT2D eigenvalue weighted by Crippen LogP contribution is -2.69. The van der Waals surface area contributed by atoms with E-state index in [1.807, 2.05) is 45.0 Å². The molecule has 25 heavy (non-hydrogen) atoms. The van der Waals surface area contributed by atoms with Gasteiger partial charge in [0, 0.05) is 36.8 Å². The number of ketones is 1. The van der Waals surface area contributed by atoms with Crippen molar-refractivity contribution in [2.75, 3.05) is 18.0 Å². The Bertz CT molecular complexity index is 864. The van der Waals surface area contributed by atoms with Crippen LogP contribution < -0.4 is 9.89 Å². The SMILES string of the molecule is CCN(CC)c1ccc(C2=C(O)C(=C3[NH+]=C(C)C(C)=C3C)C2=O)cc1. The molecule has 0 amide bonds. The van der Waals surface area contributed by atoms with Crippen LogP contribution in [0.2, 0.25) is 0 Å². The van der Waals surface area contributed by atoms with E-state index in [9.17, 15) is 9.90 Å². The number of allylic oxidation sites excluding steroid dienone is 4. The summed E-state index contributed by atoms with van der Waals surface area (Å²) in [5.41, 5.74) is 6.60. The van der Waals surface area contributed by atoms with Gasteiger partial charge in [-0.1, -0.05) is 12.1 Å². The highest BCUT2D eigenvalue weighted by molar-refractivity contribution is 6.39. The number of rotatable bonds is 4. The lowest BCUT2D eigenvalue weighted by molar-refractivity contribution is -0.389. The monoisotopic (exact) mass is 337 g/mol. The van der Waals surface area contributed by atoms with Gasteiger partial charge in [-0.25, -0.2) is 4.99 Å². The summed E-state index contributed by atoms with van der Waals surface area (Å²) < 4.78 is 0. The largest absolute Gasteiger partial charge is 0.506 e. The summed E-state index contributed by atoms with van der Waals surface area (Å²) in [4.78, 5) is 18.2. The van der Waals surface area contributed by atoms with E-state index >= 15 is 0 Å². The molecule has 130 valence electrons. The average Bonchev–Trinajstić information content (AvgIpc) is 2.85. The van der Waals surface area contributed by atoms with Crippen molar-refractivity contribution in [2.24, 2.45) is 0 Å². The van der Waals surface area contributed by atoms with Crippen molar-refractivity contribution >= 4 is 22.8 Å². The standard InChI is InChI=1S/C21H24N2O2/c1-6-23(7-2)16-10-8-15(9-11-16)17-20(24)18(21(17)25)19-13(4)12(3)14(5)22-19/h8-11,24H,6-7H2,1-5H3/p+1. The maximum absolute atomic E-state index is 12.7. The fourth-order valence-electron chi connectivity index (χ4n) is 3.42. The Kier molecular flexibility index (Phi) is 4.38. The van der Waals surface area contributed by atoms with Crippen molar-refractivity contribution in [3.8, 4) is 0 Å². The van der Waals surface area contributed by atoms with E-state index in [1.165, 1.54) is 0 Å². The van der Waals surface area contributed by atoms with Crippen molar-refractivity contribution in [1.29, 1.82) is 0 Å². The van der Waals surface area contributed by atoms with Crippen LogP contribution in [0.1, 0.15) is 40.2 Å². The minimum Gasteiger partial charge on any atom is -0.506 e. The third kappa shape index (κ3) is 2.62. The first-order valence-electron chi connectivity index (χ1n) is 8.77. The molecule has 0 radical (unpaired) electrons. The second-order valence-corrected chi connectivity index (χ2v) is 6.52. The molecule has 4 nitrogen and oxygen atoms in total. The van der Waals surface area contributed by atoms with E-state index in [1.54, 1.807) is 0 Å². The van der Waals surface area contributed by atoms with Crippen LogP contribution in [0.4, 0.5) is 5.69 Å². The van der Waals surface area contributed by atoms with Gasteiger partial charge in [0.2, 0.25) is 11.5 Å². The molecule has 3 rings (SSSR count). The van der Waals surface area contributed by atoms with Crippen LogP contribution in [0, 0.1) is 0 Å². The number of carbonyl (C=O) groups excluding carboxylic acids is 1. The summed E-state index contributed by atoms with van der Waals surface area (Å²) in [6.07, 6.45) is 0. The molecule has 1 aliphatic carbocycles. The molecular formula is C21H25N2O2+. The van der Waals surface area contributed by atoms with Gasteiger partial charge < -0.3 is 10.0 Å². The lowest BCUT2D eigenvalue weighted by Gasteiger charge is -2.23. The number of aliphatic hydroxyl groups is 1. The second kappa shape index (κ2) is 6.36. The average molecular weight is 337 g/mol. The van der Waals surface area contributed by atoms with Crippen LogP contribution in [0.5, 0.6) is 0 Å². The summed E-state index contributed by atoms with van der Waals surface area (Å²) in [7, 11) is 0. The minimum atomic E-state index is -0.0996. The maximum Gasteiger partial charge on any atom is 0.222 e. The third-order valence-corrected chi connectivity index (χ3v) is 5.27. The molecule has 2 aliphatic rings. The highest BCUT2D eigenvalue weighted by Crippen LogP contribution is 2.39. The number of carbonyl (C=O) groups is 1. The van der Waals surface area contributed by atoms with Crippen LogP contribution >= 0.6 is 0 Å². The van der Waals surface area contributed by atoms with Gasteiger partial charge in [0.15, 0.2) is 5.71 Å². The quantitative estimate of drug-likeness (QED) is 0.830. The molecule has 0 bridgehead atoms. The van der Waals surface area contributed by atoms with Crippen molar-refractivity contribution in [1.82, 2.24) is 0 Å². The molecule has 0 atom stereocenters. The van der Waals surface area contributed by atoms with Gasteiger partial charge in [-0.2, -0.15) is 0 Å². The molecule has 0 saturated heterocycles. The second-order valence-electron chi connectivity index (χ2n) is 6.52. The van der Waals surface area contributed by atoms with Crippen molar-refractivity contribution < 1.29 is 14.9 Å². The molecule has 0 unspecified atom stereocenters. The molecule has 2 N–H and O–H groups in total. The number of aliphatic hydroxyl groups excluding tert-OH is 1. The fraction of sp³-hybridized carbons (Fsp3) is 0.333. The Morgan fingerprint density at radius 3 is 2.00 bits per heavy atom. The van der Waals surface area contributed by atoms with Gasteiger partial charge in [-0.15, -0.1) is 0 Å². The predicted octanol–water partition coefficient (Wildman–Crippen LogP) is 2.53. The van der Waals surface area contributed by atoms with Crippen LogP contribution in [0.25, 0.3) is 5.57 Å². The van der Waals surface area contributed by atoms with E-state index < -0.39 is 0 Å². The highest BCUT2D eigenvalue weighted by Gasteiger charge is 2.41. The number of benzene rings is 1. The van der Waals surface area contributed by atoms with E-state index in [-0.39, 0.29) is 11.5 Å². The van der Waals surface area contributed by atoms with E-state index in [0.29, 0.717) is 11.1 Å². The number of nitrogens with one attached hydrogen (secondary N) is 1. The molecule has 1 aliphatic heterocycles. The Morgan fingerprint density at radius 1 is 0.960 bits per heavy atom. The maximum atomic E-state index is 12.7.